The van der Waals surface area contributed by atoms with E-state index in [0.29, 0.717) is 34.6 Å². The normalized spacial score (nSPS) is 20.4. The number of urea groups is 1. The molecule has 0 N–H and O–H groups in total. The fourth-order valence-electron chi connectivity index (χ4n) is 4.02. The number of aliphatic imine (C=N–C) groups is 1. The maximum absolute atomic E-state index is 14.4. The lowest BCUT2D eigenvalue weighted by atomic mass is 10.1. The standard InChI is InChI=1S/C22H19ClFN6O2/c1-27-19-18(20(31)28(2)22(27)32)29-12-17(13-7-9-15(23)10-8-13)26-30(21(29)25-19)11-14-5-3-4-6-16(14)24/h3-10,18H,11-12H2,1-2H3/q+1. The number of hydrogen-bond acceptors (Lipinski definition) is 5. The summed E-state index contributed by atoms with van der Waals surface area (Å²) in [5, 5.41) is 6.90. The molecule has 1 fully saturated rings. The largest absolute Gasteiger partial charge is 0.417 e. The number of guanidine groups is 1. The number of hydrazone groups is 1. The molecule has 32 heavy (non-hydrogen) atoms. The SMILES string of the molecule is CN1C(=O)C2C(=NC3=[N+]2CC(c2ccc(Cl)cc2)=NN3Cc2ccccc2F)N(C)C1=O. The first-order chi connectivity index (χ1) is 15.3. The first-order valence-corrected chi connectivity index (χ1v) is 10.3. The van der Waals surface area contributed by atoms with Gasteiger partial charge in [-0.25, -0.2) is 13.8 Å². The summed E-state index contributed by atoms with van der Waals surface area (Å²) in [6.07, 6.45) is 0. The molecule has 3 heterocycles. The van der Waals surface area contributed by atoms with Crippen molar-refractivity contribution in [3.63, 3.8) is 0 Å². The van der Waals surface area contributed by atoms with Crippen molar-refractivity contribution >= 4 is 41.0 Å². The summed E-state index contributed by atoms with van der Waals surface area (Å²) < 4.78 is 16.2. The minimum absolute atomic E-state index is 0.112. The van der Waals surface area contributed by atoms with Crippen molar-refractivity contribution in [2.75, 3.05) is 20.6 Å². The predicted octanol–water partition coefficient (Wildman–Crippen LogP) is 2.37. The molecule has 8 nitrogen and oxygen atoms in total. The van der Waals surface area contributed by atoms with Crippen LogP contribution in [-0.4, -0.2) is 75.5 Å². The van der Waals surface area contributed by atoms with Crippen molar-refractivity contribution < 1.29 is 18.6 Å². The van der Waals surface area contributed by atoms with Crippen LogP contribution in [0, 0.1) is 5.82 Å². The molecule has 0 aromatic heterocycles. The van der Waals surface area contributed by atoms with Crippen molar-refractivity contribution in [3.8, 4) is 0 Å². The Morgan fingerprint density at radius 2 is 1.81 bits per heavy atom. The summed E-state index contributed by atoms with van der Waals surface area (Å²) in [7, 11) is 3.03. The van der Waals surface area contributed by atoms with Gasteiger partial charge in [0.1, 0.15) is 24.6 Å². The summed E-state index contributed by atoms with van der Waals surface area (Å²) in [5.74, 6) is -0.00172. The van der Waals surface area contributed by atoms with Crippen molar-refractivity contribution in [2.24, 2.45) is 10.1 Å². The highest BCUT2D eigenvalue weighted by atomic mass is 35.5. The van der Waals surface area contributed by atoms with Crippen LogP contribution in [0.25, 0.3) is 0 Å². The molecule has 1 unspecified atom stereocenters. The van der Waals surface area contributed by atoms with E-state index >= 15 is 0 Å². The van der Waals surface area contributed by atoms with E-state index in [1.165, 1.54) is 18.0 Å². The number of carbonyl (C=O) groups excluding carboxylic acids is 2. The van der Waals surface area contributed by atoms with E-state index in [4.69, 9.17) is 16.7 Å². The number of fused-ring (bicyclic) bond motifs is 2. The quantitative estimate of drug-likeness (QED) is 0.670. The molecule has 0 aliphatic carbocycles. The van der Waals surface area contributed by atoms with E-state index in [-0.39, 0.29) is 18.3 Å². The van der Waals surface area contributed by atoms with E-state index in [0.717, 1.165) is 10.5 Å². The van der Waals surface area contributed by atoms with Crippen LogP contribution in [0.4, 0.5) is 9.18 Å². The predicted molar refractivity (Wildman–Crippen MR) is 117 cm³/mol. The first kappa shape index (κ1) is 20.3. The number of nitrogens with zero attached hydrogens (tertiary/aromatic N) is 6. The fourth-order valence-corrected chi connectivity index (χ4v) is 4.15. The van der Waals surface area contributed by atoms with Gasteiger partial charge in [0.25, 0.3) is 5.91 Å². The van der Waals surface area contributed by atoms with Crippen LogP contribution in [-0.2, 0) is 11.3 Å². The number of amidine groups is 1. The third kappa shape index (κ3) is 3.16. The van der Waals surface area contributed by atoms with Gasteiger partial charge in [0.15, 0.2) is 0 Å². The maximum atomic E-state index is 14.4. The van der Waals surface area contributed by atoms with Crippen molar-refractivity contribution in [1.29, 1.82) is 0 Å². The Labute approximate surface area is 188 Å². The van der Waals surface area contributed by atoms with E-state index in [9.17, 15) is 14.0 Å². The molecule has 3 aliphatic rings. The Morgan fingerprint density at radius 1 is 1.09 bits per heavy atom. The molecule has 1 atom stereocenters. The first-order valence-electron chi connectivity index (χ1n) is 9.97. The van der Waals surface area contributed by atoms with Crippen molar-refractivity contribution in [3.05, 3.63) is 70.5 Å². The molecule has 2 aromatic rings. The zero-order valence-electron chi connectivity index (χ0n) is 17.4. The van der Waals surface area contributed by atoms with E-state index in [1.54, 1.807) is 47.0 Å². The third-order valence-electron chi connectivity index (χ3n) is 5.76. The maximum Gasteiger partial charge on any atom is 0.417 e. The average Bonchev–Trinajstić information content (AvgIpc) is 3.18. The molecule has 0 radical (unpaired) electrons. The highest BCUT2D eigenvalue weighted by molar-refractivity contribution is 6.30. The molecular weight excluding hydrogens is 435 g/mol. The van der Waals surface area contributed by atoms with E-state index in [1.807, 2.05) is 12.1 Å². The number of likely N-dealkylation sites (N-methyl/N-ethyl adjacent to an activating group) is 2. The molecule has 0 bridgehead atoms. The van der Waals surface area contributed by atoms with E-state index in [2.05, 4.69) is 4.99 Å². The number of imide groups is 1. The van der Waals surface area contributed by atoms with Crippen LogP contribution < -0.4 is 0 Å². The lowest BCUT2D eigenvalue weighted by molar-refractivity contribution is -0.527. The van der Waals surface area contributed by atoms with Gasteiger partial charge in [0.05, 0.1) is 0 Å². The lowest BCUT2D eigenvalue weighted by Crippen LogP contribution is -2.62. The van der Waals surface area contributed by atoms with Crippen LogP contribution in [0.1, 0.15) is 11.1 Å². The van der Waals surface area contributed by atoms with Crippen molar-refractivity contribution in [1.82, 2.24) is 14.8 Å². The zero-order valence-corrected chi connectivity index (χ0v) is 18.1. The molecule has 162 valence electrons. The zero-order chi connectivity index (χ0) is 22.6. The summed E-state index contributed by atoms with van der Waals surface area (Å²) in [6, 6.07) is 12.4. The molecule has 0 spiro atoms. The Balaban J connectivity index is 1.60. The van der Waals surface area contributed by atoms with Gasteiger partial charge in [-0.1, -0.05) is 46.9 Å². The fraction of sp³-hybridized carbons (Fsp3) is 0.227. The second kappa shape index (κ2) is 7.52. The van der Waals surface area contributed by atoms with Crippen molar-refractivity contribution in [2.45, 2.75) is 12.6 Å². The Bertz CT molecular complexity index is 1240. The molecule has 3 amide bonds. The molecular formula is C22H19ClFN6O2+. The number of rotatable bonds is 3. The molecule has 3 aliphatic heterocycles. The molecule has 10 heteroatoms. The summed E-state index contributed by atoms with van der Waals surface area (Å²) >= 11 is 6.04. The van der Waals surface area contributed by atoms with Crippen LogP contribution in [0.2, 0.25) is 5.02 Å². The average molecular weight is 454 g/mol. The van der Waals surface area contributed by atoms with Gasteiger partial charge in [-0.2, -0.15) is 0 Å². The van der Waals surface area contributed by atoms with Gasteiger partial charge in [0, 0.05) is 30.2 Å². The third-order valence-corrected chi connectivity index (χ3v) is 6.01. The topological polar surface area (TPSA) is 71.6 Å². The minimum atomic E-state index is -0.765. The monoisotopic (exact) mass is 453 g/mol. The molecule has 2 aromatic carbocycles. The van der Waals surface area contributed by atoms with Crippen LogP contribution in [0.3, 0.4) is 0 Å². The highest BCUT2D eigenvalue weighted by Gasteiger charge is 2.54. The molecule has 5 rings (SSSR count). The Morgan fingerprint density at radius 3 is 2.53 bits per heavy atom. The van der Waals surface area contributed by atoms with Gasteiger partial charge >= 0.3 is 12.0 Å². The lowest BCUT2D eigenvalue weighted by Gasteiger charge is -2.32. The van der Waals surface area contributed by atoms with Crippen LogP contribution in [0.5, 0.6) is 0 Å². The van der Waals surface area contributed by atoms with E-state index < -0.39 is 12.1 Å². The second-order valence-corrected chi connectivity index (χ2v) is 8.18. The molecule has 1 saturated heterocycles. The Kier molecular flexibility index (Phi) is 4.78. The summed E-state index contributed by atoms with van der Waals surface area (Å²) in [6.45, 7) is 0.408. The smallest absolute Gasteiger partial charge is 0.270 e. The summed E-state index contributed by atoms with van der Waals surface area (Å²) in [5.41, 5.74) is 1.93. The summed E-state index contributed by atoms with van der Waals surface area (Å²) in [4.78, 5) is 32.5. The second-order valence-electron chi connectivity index (χ2n) is 7.74. The number of benzene rings is 2. The van der Waals surface area contributed by atoms with Gasteiger partial charge in [-0.05, 0) is 18.2 Å². The molecule has 0 saturated carbocycles. The van der Waals surface area contributed by atoms with Gasteiger partial charge < -0.3 is 0 Å². The minimum Gasteiger partial charge on any atom is -0.270 e. The number of hydrogen-bond donors (Lipinski definition) is 0. The van der Waals surface area contributed by atoms with Gasteiger partial charge in [0.2, 0.25) is 11.9 Å². The number of amides is 3. The highest BCUT2D eigenvalue weighted by Crippen LogP contribution is 2.25. The van der Waals surface area contributed by atoms with Gasteiger partial charge in [-0.3, -0.25) is 14.6 Å². The number of halogens is 2. The van der Waals surface area contributed by atoms with Gasteiger partial charge in [-0.15, -0.1) is 10.1 Å². The Hall–Kier alpha value is -3.59. The number of carbonyl (C=O) groups is 2. The van der Waals surface area contributed by atoms with Crippen LogP contribution >= 0.6 is 11.6 Å². The van der Waals surface area contributed by atoms with Crippen LogP contribution in [0.15, 0.2) is 58.6 Å².